The van der Waals surface area contributed by atoms with Gasteiger partial charge < -0.3 is 20.2 Å². The molecule has 0 spiro atoms. The summed E-state index contributed by atoms with van der Waals surface area (Å²) in [7, 11) is 2.19. The summed E-state index contributed by atoms with van der Waals surface area (Å²) in [5, 5.41) is 14.2. The highest BCUT2D eigenvalue weighted by molar-refractivity contribution is 5.40. The molecule has 25 heavy (non-hydrogen) atoms. The van der Waals surface area contributed by atoms with Crippen LogP contribution < -0.4 is 10.2 Å². The van der Waals surface area contributed by atoms with E-state index in [2.05, 4.69) is 39.2 Å². The molecule has 6 nitrogen and oxygen atoms in total. The lowest BCUT2D eigenvalue weighted by atomic mass is 9.76. The van der Waals surface area contributed by atoms with E-state index in [-0.39, 0.29) is 0 Å². The first-order valence-corrected chi connectivity index (χ1v) is 9.66. The fraction of sp³-hybridized carbons (Fsp3) is 0.737. The maximum atomic E-state index is 10.8. The van der Waals surface area contributed by atoms with E-state index >= 15 is 0 Å². The van der Waals surface area contributed by atoms with Gasteiger partial charge in [-0.1, -0.05) is 6.07 Å². The molecule has 0 aromatic carbocycles. The zero-order valence-corrected chi connectivity index (χ0v) is 15.3. The third-order valence-electron chi connectivity index (χ3n) is 6.28. The number of aliphatic hydroxyl groups is 1. The zero-order chi connectivity index (χ0) is 17.3. The number of piperazine rings is 1. The minimum atomic E-state index is -0.469. The number of hydrogen-bond acceptors (Lipinski definition) is 6. The van der Waals surface area contributed by atoms with E-state index in [9.17, 15) is 5.11 Å². The largest absolute Gasteiger partial charge is 0.389 e. The second kappa shape index (κ2) is 7.19. The van der Waals surface area contributed by atoms with Crippen molar-refractivity contribution in [2.45, 2.75) is 25.0 Å². The van der Waals surface area contributed by atoms with Gasteiger partial charge in [0, 0.05) is 64.5 Å². The first kappa shape index (κ1) is 17.2. The molecule has 6 heteroatoms. The lowest BCUT2D eigenvalue weighted by molar-refractivity contribution is -0.0539. The third-order valence-corrected chi connectivity index (χ3v) is 6.28. The average molecular weight is 345 g/mol. The van der Waals surface area contributed by atoms with Crippen molar-refractivity contribution in [3.05, 3.63) is 23.9 Å². The second-order valence-corrected chi connectivity index (χ2v) is 8.05. The fourth-order valence-corrected chi connectivity index (χ4v) is 4.39. The van der Waals surface area contributed by atoms with Gasteiger partial charge in [-0.2, -0.15) is 0 Å². The van der Waals surface area contributed by atoms with E-state index in [1.807, 2.05) is 6.20 Å². The Morgan fingerprint density at radius 3 is 2.80 bits per heavy atom. The van der Waals surface area contributed by atoms with Crippen LogP contribution in [0, 0.1) is 5.92 Å². The Balaban J connectivity index is 1.36. The Bertz CT molecular complexity index is 572. The molecule has 0 radical (unpaired) electrons. The molecule has 1 aromatic rings. The van der Waals surface area contributed by atoms with E-state index in [1.54, 1.807) is 0 Å². The van der Waals surface area contributed by atoms with Crippen LogP contribution in [0.1, 0.15) is 18.4 Å². The predicted molar refractivity (Wildman–Crippen MR) is 99.8 cm³/mol. The first-order valence-electron chi connectivity index (χ1n) is 9.66. The summed E-state index contributed by atoms with van der Waals surface area (Å²) < 4.78 is 0. The van der Waals surface area contributed by atoms with Crippen molar-refractivity contribution in [1.29, 1.82) is 0 Å². The number of rotatable bonds is 3. The van der Waals surface area contributed by atoms with Gasteiger partial charge in [-0.05, 0) is 38.1 Å². The van der Waals surface area contributed by atoms with Gasteiger partial charge in [0.05, 0.1) is 5.60 Å². The number of likely N-dealkylation sites (N-methyl/N-ethyl adjacent to an activating group) is 1. The van der Waals surface area contributed by atoms with Crippen LogP contribution in [0.5, 0.6) is 0 Å². The van der Waals surface area contributed by atoms with Gasteiger partial charge in [-0.3, -0.25) is 4.90 Å². The van der Waals surface area contributed by atoms with Crippen LogP contribution in [0.3, 0.4) is 0 Å². The molecule has 4 rings (SSSR count). The molecule has 3 aliphatic rings. The number of anilines is 1. The predicted octanol–water partition coefficient (Wildman–Crippen LogP) is 0.380. The normalized spacial score (nSPS) is 31.8. The molecule has 4 heterocycles. The summed E-state index contributed by atoms with van der Waals surface area (Å²) in [6, 6.07) is 4.38. The maximum Gasteiger partial charge on any atom is 0.128 e. The lowest BCUT2D eigenvalue weighted by Gasteiger charge is -2.47. The Labute approximate surface area is 150 Å². The number of pyridine rings is 1. The molecule has 3 aliphatic heterocycles. The highest BCUT2D eigenvalue weighted by atomic mass is 16.3. The highest BCUT2D eigenvalue weighted by Gasteiger charge is 2.43. The van der Waals surface area contributed by atoms with E-state index in [0.717, 1.165) is 77.6 Å². The van der Waals surface area contributed by atoms with E-state index in [4.69, 9.17) is 4.98 Å². The number of piperidine rings is 2. The van der Waals surface area contributed by atoms with Crippen LogP contribution in [-0.2, 0) is 6.54 Å². The van der Waals surface area contributed by atoms with Crippen molar-refractivity contribution in [1.82, 2.24) is 20.1 Å². The molecule has 3 fully saturated rings. The van der Waals surface area contributed by atoms with Crippen LogP contribution in [0.15, 0.2) is 18.3 Å². The van der Waals surface area contributed by atoms with Crippen molar-refractivity contribution >= 4 is 5.82 Å². The molecule has 138 valence electrons. The van der Waals surface area contributed by atoms with Crippen LogP contribution in [0.2, 0.25) is 0 Å². The molecule has 0 unspecified atom stereocenters. The van der Waals surface area contributed by atoms with E-state index < -0.39 is 5.60 Å². The Morgan fingerprint density at radius 1 is 1.20 bits per heavy atom. The smallest absolute Gasteiger partial charge is 0.128 e. The summed E-state index contributed by atoms with van der Waals surface area (Å²) in [5.74, 6) is 1.36. The van der Waals surface area contributed by atoms with Gasteiger partial charge in [-0.15, -0.1) is 0 Å². The van der Waals surface area contributed by atoms with Gasteiger partial charge in [0.1, 0.15) is 5.82 Å². The van der Waals surface area contributed by atoms with Crippen LogP contribution in [0.4, 0.5) is 5.82 Å². The van der Waals surface area contributed by atoms with Gasteiger partial charge >= 0.3 is 0 Å². The number of aromatic nitrogens is 1. The molecule has 1 aromatic heterocycles. The van der Waals surface area contributed by atoms with Crippen molar-refractivity contribution in [3.63, 3.8) is 0 Å². The lowest BCUT2D eigenvalue weighted by Crippen LogP contribution is -2.59. The van der Waals surface area contributed by atoms with E-state index in [0.29, 0.717) is 5.92 Å². The summed E-state index contributed by atoms with van der Waals surface area (Å²) in [5.41, 5.74) is 0.824. The molecule has 0 saturated carbocycles. The summed E-state index contributed by atoms with van der Waals surface area (Å²) in [6.07, 6.45) is 3.76. The monoisotopic (exact) mass is 345 g/mol. The van der Waals surface area contributed by atoms with Gasteiger partial charge in [0.2, 0.25) is 0 Å². The molecule has 0 bridgehead atoms. The van der Waals surface area contributed by atoms with Gasteiger partial charge in [0.15, 0.2) is 0 Å². The fourth-order valence-electron chi connectivity index (χ4n) is 4.39. The average Bonchev–Trinajstić information content (AvgIpc) is 2.63. The van der Waals surface area contributed by atoms with Crippen LogP contribution >= 0.6 is 0 Å². The maximum absolute atomic E-state index is 10.8. The third kappa shape index (κ3) is 3.82. The van der Waals surface area contributed by atoms with Crippen LogP contribution in [-0.4, -0.2) is 84.9 Å². The summed E-state index contributed by atoms with van der Waals surface area (Å²) in [4.78, 5) is 12.0. The van der Waals surface area contributed by atoms with Gasteiger partial charge in [-0.25, -0.2) is 4.98 Å². The SMILES string of the molecule is CN1CCN(Cc2ccc(N3CC[C@@]4(O)CCNC[C@H]4C3)nc2)CC1. The molecule has 2 atom stereocenters. The number of nitrogens with zero attached hydrogens (tertiary/aromatic N) is 4. The van der Waals surface area contributed by atoms with Crippen molar-refractivity contribution in [2.75, 3.05) is 64.3 Å². The number of hydrogen-bond donors (Lipinski definition) is 2. The van der Waals surface area contributed by atoms with Crippen molar-refractivity contribution < 1.29 is 5.11 Å². The molecule has 0 amide bonds. The Morgan fingerprint density at radius 2 is 2.04 bits per heavy atom. The first-order chi connectivity index (χ1) is 12.1. The zero-order valence-electron chi connectivity index (χ0n) is 15.3. The standard InChI is InChI=1S/C19H31N5O/c1-22-8-10-23(11-9-22)14-16-2-3-18(21-12-16)24-7-5-19(25)4-6-20-13-17(19)15-24/h2-3,12,17,20,25H,4-11,13-15H2,1H3/t17-,19-/m0/s1. The Hall–Kier alpha value is -1.21. The highest BCUT2D eigenvalue weighted by Crippen LogP contribution is 2.34. The van der Waals surface area contributed by atoms with Gasteiger partial charge in [0.25, 0.3) is 0 Å². The topological polar surface area (TPSA) is 54.9 Å². The molecular weight excluding hydrogens is 314 g/mol. The van der Waals surface area contributed by atoms with Crippen LogP contribution in [0.25, 0.3) is 0 Å². The minimum Gasteiger partial charge on any atom is -0.389 e. The quantitative estimate of drug-likeness (QED) is 0.826. The Kier molecular flexibility index (Phi) is 4.95. The molecular formula is C19H31N5O. The molecule has 2 N–H and O–H groups in total. The van der Waals surface area contributed by atoms with E-state index in [1.165, 1.54) is 5.56 Å². The number of nitrogens with one attached hydrogen (secondary N) is 1. The molecule has 3 saturated heterocycles. The second-order valence-electron chi connectivity index (χ2n) is 8.05. The van der Waals surface area contributed by atoms with Crippen molar-refractivity contribution in [2.24, 2.45) is 5.92 Å². The summed E-state index contributed by atoms with van der Waals surface area (Å²) in [6.45, 7) is 9.21. The number of fused-ring (bicyclic) bond motifs is 1. The minimum absolute atomic E-state index is 0.307. The van der Waals surface area contributed by atoms with Crippen molar-refractivity contribution in [3.8, 4) is 0 Å². The molecule has 0 aliphatic carbocycles. The summed E-state index contributed by atoms with van der Waals surface area (Å²) >= 11 is 0.